The second-order valence-corrected chi connectivity index (χ2v) is 21.9. The molecule has 0 saturated heterocycles. The van der Waals surface area contributed by atoms with E-state index in [1.165, 1.54) is 94.1 Å². The molecule has 1 N–H and O–H groups in total. The normalized spacial score (nSPS) is 14.4. The van der Waals surface area contributed by atoms with Crippen LogP contribution in [0.25, 0.3) is 71.7 Å². The van der Waals surface area contributed by atoms with Crippen LogP contribution in [-0.4, -0.2) is 11.8 Å². The van der Waals surface area contributed by atoms with Crippen molar-refractivity contribution < 1.29 is 4.42 Å². The Kier molecular flexibility index (Phi) is 8.02. The van der Waals surface area contributed by atoms with E-state index in [0.717, 1.165) is 33.3 Å². The summed E-state index contributed by atoms with van der Waals surface area (Å²) in [7, 11) is 2.47. The number of para-hydroxylation sites is 1. The van der Waals surface area contributed by atoms with Crippen LogP contribution >= 0.6 is 0 Å². The van der Waals surface area contributed by atoms with Crippen molar-refractivity contribution in [2.75, 3.05) is 5.32 Å². The molecule has 0 bridgehead atoms. The summed E-state index contributed by atoms with van der Waals surface area (Å²) in [4.78, 5) is 0. The quantitative estimate of drug-likeness (QED) is 0.180. The maximum atomic E-state index is 6.54. The highest BCUT2D eigenvalue weighted by Crippen LogP contribution is 2.53. The summed E-state index contributed by atoms with van der Waals surface area (Å²) >= 11 is 0. The fourth-order valence-corrected chi connectivity index (χ4v) is 10.6. The molecule has 7 aromatic carbocycles. The SMILES string of the molecule is Cc1cc(-c2cc3c(cc2Nc2ccc(C(C)(C)C)cc2)C(C)(C)c2cc(C(C)(C)C)ccc2-3)c2c3c1c1cc4oc5ccccc5c4cc1n3-c1ccc(C(C)(C)C)cc1[B]2. The maximum absolute atomic E-state index is 6.54. The molecule has 0 amide bonds. The first kappa shape index (κ1) is 38.9. The Morgan fingerprint density at radius 3 is 1.95 bits per heavy atom. The van der Waals surface area contributed by atoms with Crippen LogP contribution in [0.5, 0.6) is 0 Å². The highest BCUT2D eigenvalue weighted by atomic mass is 16.3. The molecule has 1 aliphatic heterocycles. The number of hydrogen-bond donors (Lipinski definition) is 1. The topological polar surface area (TPSA) is 30.1 Å². The van der Waals surface area contributed by atoms with E-state index in [1.54, 1.807) is 0 Å². The molecule has 0 unspecified atom stereocenters. The third-order valence-corrected chi connectivity index (χ3v) is 14.2. The Labute approximate surface area is 367 Å². The van der Waals surface area contributed by atoms with Crippen LogP contribution in [0.3, 0.4) is 0 Å². The number of aromatic nitrogens is 1. The molecule has 3 heterocycles. The number of nitrogens with zero attached hydrogens (tertiary/aromatic N) is 1. The van der Waals surface area contributed by atoms with Crippen molar-refractivity contribution in [3.63, 3.8) is 0 Å². The smallest absolute Gasteiger partial charge is 0.197 e. The van der Waals surface area contributed by atoms with Gasteiger partial charge in [0, 0.05) is 55.1 Å². The van der Waals surface area contributed by atoms with Gasteiger partial charge in [-0.3, -0.25) is 0 Å². The average Bonchev–Trinajstić information content (AvgIpc) is 3.82. The number of fused-ring (bicyclic) bond motifs is 11. The second-order valence-electron chi connectivity index (χ2n) is 21.9. The van der Waals surface area contributed by atoms with Crippen molar-refractivity contribution >= 4 is 73.3 Å². The van der Waals surface area contributed by atoms with E-state index in [2.05, 4.69) is 216 Å². The molecule has 4 heteroatoms. The van der Waals surface area contributed by atoms with Crippen LogP contribution in [0.15, 0.2) is 120 Å². The van der Waals surface area contributed by atoms with Crippen molar-refractivity contribution in [2.45, 2.75) is 105 Å². The van der Waals surface area contributed by atoms with Gasteiger partial charge in [0.15, 0.2) is 7.28 Å². The van der Waals surface area contributed by atoms with Crippen LogP contribution in [0.1, 0.15) is 110 Å². The summed E-state index contributed by atoms with van der Waals surface area (Å²) in [6.07, 6.45) is 0. The number of aryl methyl sites for hydroxylation is 1. The molecular formula is C58H56BN2O. The Morgan fingerprint density at radius 1 is 0.565 bits per heavy atom. The van der Waals surface area contributed by atoms with Gasteiger partial charge in [0.2, 0.25) is 0 Å². The zero-order chi connectivity index (χ0) is 43.4. The Morgan fingerprint density at radius 2 is 1.23 bits per heavy atom. The average molecular weight is 808 g/mol. The van der Waals surface area contributed by atoms with Gasteiger partial charge in [0.1, 0.15) is 11.2 Å². The van der Waals surface area contributed by atoms with Crippen molar-refractivity contribution in [1.29, 1.82) is 0 Å². The van der Waals surface area contributed by atoms with Gasteiger partial charge in [-0.25, -0.2) is 0 Å². The predicted molar refractivity (Wildman–Crippen MR) is 267 cm³/mol. The first-order valence-electron chi connectivity index (χ1n) is 22.4. The Balaban J connectivity index is 1.22. The van der Waals surface area contributed by atoms with E-state index in [-0.39, 0.29) is 21.7 Å². The minimum Gasteiger partial charge on any atom is -0.456 e. The number of hydrogen-bond acceptors (Lipinski definition) is 2. The highest BCUT2D eigenvalue weighted by molar-refractivity contribution is 6.73. The van der Waals surface area contributed by atoms with Gasteiger partial charge in [0.25, 0.3) is 0 Å². The zero-order valence-electron chi connectivity index (χ0n) is 38.4. The standard InChI is InChI=1S/C58H56BN2O/c1-32-25-42(40-28-39-37-23-19-34(56(5,6)7)26-44(37)58(11,12)45(39)31-47(40)60-36-21-17-33(18-22-36)55(2,3)4)53-54-52(32)43-30-51-41(38-15-13-14-16-50(38)62-51)29-49(43)61(54)48-24-20-35(57(8,9)10)27-46(48)59-53/h13-31,60H,1-12H3. The Bertz CT molecular complexity index is 3370. The summed E-state index contributed by atoms with van der Waals surface area (Å²) in [5, 5.41) is 8.79. The lowest BCUT2D eigenvalue weighted by Gasteiger charge is -2.28. The van der Waals surface area contributed by atoms with Crippen LogP contribution in [0.4, 0.5) is 11.4 Å². The number of nitrogens with one attached hydrogen (secondary N) is 1. The van der Waals surface area contributed by atoms with Crippen molar-refractivity contribution in [3.8, 4) is 27.9 Å². The molecule has 2 aromatic heterocycles. The summed E-state index contributed by atoms with van der Waals surface area (Å²) in [5.74, 6) is 0. The van der Waals surface area contributed by atoms with E-state index in [1.807, 2.05) is 0 Å². The lowest BCUT2D eigenvalue weighted by Crippen LogP contribution is -2.38. The maximum Gasteiger partial charge on any atom is 0.197 e. The van der Waals surface area contributed by atoms with Crippen LogP contribution < -0.4 is 16.2 Å². The van der Waals surface area contributed by atoms with Crippen LogP contribution in [0, 0.1) is 6.92 Å². The summed E-state index contributed by atoms with van der Waals surface area (Å²) in [5.41, 5.74) is 23.3. The first-order valence-corrected chi connectivity index (χ1v) is 22.4. The van der Waals surface area contributed by atoms with Gasteiger partial charge in [-0.2, -0.15) is 0 Å². The molecular weight excluding hydrogens is 751 g/mol. The van der Waals surface area contributed by atoms with Gasteiger partial charge in [-0.1, -0.05) is 148 Å². The highest BCUT2D eigenvalue weighted by Gasteiger charge is 2.38. The molecule has 9 aromatic rings. The molecule has 0 atom stereocenters. The van der Waals surface area contributed by atoms with E-state index in [9.17, 15) is 0 Å². The third kappa shape index (κ3) is 5.71. The van der Waals surface area contributed by atoms with E-state index >= 15 is 0 Å². The molecule has 11 rings (SSSR count). The second kappa shape index (κ2) is 12.8. The monoisotopic (exact) mass is 807 g/mol. The van der Waals surface area contributed by atoms with Gasteiger partial charge in [-0.05, 0) is 127 Å². The van der Waals surface area contributed by atoms with Crippen molar-refractivity contribution in [3.05, 3.63) is 149 Å². The summed E-state index contributed by atoms with van der Waals surface area (Å²) in [6.45, 7) is 27.8. The lowest BCUT2D eigenvalue weighted by atomic mass is 9.58. The minimum atomic E-state index is -0.174. The van der Waals surface area contributed by atoms with Crippen molar-refractivity contribution in [2.24, 2.45) is 0 Å². The van der Waals surface area contributed by atoms with E-state index in [0.29, 0.717) is 0 Å². The summed E-state index contributed by atoms with van der Waals surface area (Å²) in [6, 6.07) is 43.9. The molecule has 0 fully saturated rings. The number of benzene rings is 7. The van der Waals surface area contributed by atoms with Crippen LogP contribution in [0.2, 0.25) is 0 Å². The summed E-state index contributed by atoms with van der Waals surface area (Å²) < 4.78 is 9.09. The van der Waals surface area contributed by atoms with Gasteiger partial charge < -0.3 is 14.3 Å². The molecule has 62 heavy (non-hydrogen) atoms. The van der Waals surface area contributed by atoms with E-state index < -0.39 is 0 Å². The fraction of sp³-hybridized carbons (Fsp3) is 0.276. The predicted octanol–water partition coefficient (Wildman–Crippen LogP) is 14.6. The largest absolute Gasteiger partial charge is 0.456 e. The fourth-order valence-electron chi connectivity index (χ4n) is 10.6. The van der Waals surface area contributed by atoms with Crippen molar-refractivity contribution in [1.82, 2.24) is 4.57 Å². The Hall–Kier alpha value is -6.00. The lowest BCUT2D eigenvalue weighted by molar-refractivity contribution is 0.584. The molecule has 307 valence electrons. The van der Waals surface area contributed by atoms with E-state index in [4.69, 9.17) is 4.42 Å². The molecule has 0 saturated carbocycles. The third-order valence-electron chi connectivity index (χ3n) is 14.2. The first-order chi connectivity index (χ1) is 29.3. The van der Waals surface area contributed by atoms with Gasteiger partial charge in [0.05, 0.1) is 5.52 Å². The molecule has 1 radical (unpaired) electrons. The van der Waals surface area contributed by atoms with Crippen LogP contribution in [-0.2, 0) is 21.7 Å². The zero-order valence-corrected chi connectivity index (χ0v) is 38.4. The molecule has 0 spiro atoms. The minimum absolute atomic E-state index is 0.00185. The molecule has 1 aliphatic carbocycles. The number of anilines is 2. The van der Waals surface area contributed by atoms with Gasteiger partial charge >= 0.3 is 0 Å². The number of rotatable bonds is 3. The number of furan rings is 1. The van der Waals surface area contributed by atoms with Gasteiger partial charge in [-0.15, -0.1) is 0 Å². The molecule has 3 nitrogen and oxygen atoms in total. The molecule has 2 aliphatic rings.